The summed E-state index contributed by atoms with van der Waals surface area (Å²) in [5, 5.41) is 8.68. The van der Waals surface area contributed by atoms with Crippen LogP contribution >= 0.6 is 0 Å². The molecule has 0 aromatic heterocycles. The molecule has 0 aliphatic heterocycles. The van der Waals surface area contributed by atoms with Gasteiger partial charge in [0.1, 0.15) is 0 Å². The van der Waals surface area contributed by atoms with Gasteiger partial charge in [-0.25, -0.2) is 0 Å². The molecule has 0 radical (unpaired) electrons. The molecule has 13 heavy (non-hydrogen) atoms. The van der Waals surface area contributed by atoms with Crippen LogP contribution in [0.25, 0.3) is 0 Å². The molecule has 0 amide bonds. The number of carbonyl (C=O) groups excluding carboxylic acids is 1. The number of carbonyl (C=O) groups is 1. The molecule has 1 aromatic carbocycles. The zero-order valence-corrected chi connectivity index (χ0v) is 7.16. The lowest BCUT2D eigenvalue weighted by Crippen LogP contribution is -2.06. The van der Waals surface area contributed by atoms with Gasteiger partial charge in [-0.05, 0) is 19.1 Å². The topological polar surface area (TPSA) is 92.9 Å². The van der Waals surface area contributed by atoms with Crippen molar-refractivity contribution in [3.8, 4) is 6.07 Å². The molecule has 0 saturated heterocycles. The first-order valence-electron chi connectivity index (χ1n) is 3.67. The van der Waals surface area contributed by atoms with E-state index in [1.54, 1.807) is 0 Å². The maximum absolute atomic E-state index is 11.1. The number of nitriles is 1. The van der Waals surface area contributed by atoms with Crippen molar-refractivity contribution in [1.82, 2.24) is 0 Å². The Hall–Kier alpha value is -2.02. The number of ketones is 1. The lowest BCUT2D eigenvalue weighted by atomic mass is 10.0. The number of rotatable bonds is 1. The van der Waals surface area contributed by atoms with Gasteiger partial charge in [0.2, 0.25) is 0 Å². The largest absolute Gasteiger partial charge is 0.397 e. The second-order valence-electron chi connectivity index (χ2n) is 2.66. The first-order valence-corrected chi connectivity index (χ1v) is 3.67. The van der Waals surface area contributed by atoms with Gasteiger partial charge in [0.25, 0.3) is 0 Å². The summed E-state index contributed by atoms with van der Waals surface area (Å²) in [6, 6.07) is 4.89. The standard InChI is InChI=1S/C9H9N3O/c1-5(13)8-6(4-10)2-3-7(11)9(8)12/h2-3H,11-12H2,1H3. The molecule has 0 unspecified atom stereocenters. The van der Waals surface area contributed by atoms with Crippen molar-refractivity contribution in [2.75, 3.05) is 11.5 Å². The molecule has 0 heterocycles. The van der Waals surface area contributed by atoms with Crippen molar-refractivity contribution >= 4 is 17.2 Å². The summed E-state index contributed by atoms with van der Waals surface area (Å²) in [7, 11) is 0. The van der Waals surface area contributed by atoms with E-state index < -0.39 is 0 Å². The molecule has 0 aliphatic carbocycles. The first kappa shape index (κ1) is 9.07. The van der Waals surface area contributed by atoms with Crippen LogP contribution in [0.2, 0.25) is 0 Å². The summed E-state index contributed by atoms with van der Waals surface area (Å²) >= 11 is 0. The van der Waals surface area contributed by atoms with E-state index in [1.165, 1.54) is 19.1 Å². The molecule has 0 saturated carbocycles. The maximum atomic E-state index is 11.1. The van der Waals surface area contributed by atoms with Gasteiger partial charge in [-0.1, -0.05) is 0 Å². The van der Waals surface area contributed by atoms with E-state index in [1.807, 2.05) is 6.07 Å². The Morgan fingerprint density at radius 2 is 2.08 bits per heavy atom. The van der Waals surface area contributed by atoms with Crippen molar-refractivity contribution in [2.45, 2.75) is 6.92 Å². The average molecular weight is 175 g/mol. The fraction of sp³-hybridized carbons (Fsp3) is 0.111. The minimum Gasteiger partial charge on any atom is -0.397 e. The molecule has 1 rings (SSSR count). The molecule has 0 bridgehead atoms. The van der Waals surface area contributed by atoms with Gasteiger partial charge in [0, 0.05) is 0 Å². The zero-order chi connectivity index (χ0) is 10.0. The molecule has 0 spiro atoms. The van der Waals surface area contributed by atoms with Crippen LogP contribution < -0.4 is 11.5 Å². The normalized spacial score (nSPS) is 9.23. The van der Waals surface area contributed by atoms with E-state index in [9.17, 15) is 4.79 Å². The van der Waals surface area contributed by atoms with E-state index in [2.05, 4.69) is 0 Å². The van der Waals surface area contributed by atoms with E-state index in [-0.39, 0.29) is 22.6 Å². The second-order valence-corrected chi connectivity index (χ2v) is 2.66. The molecular formula is C9H9N3O. The summed E-state index contributed by atoms with van der Waals surface area (Å²) < 4.78 is 0. The minimum absolute atomic E-state index is 0.187. The van der Waals surface area contributed by atoms with Crippen LogP contribution in [-0.2, 0) is 0 Å². The van der Waals surface area contributed by atoms with Crippen molar-refractivity contribution in [3.05, 3.63) is 23.3 Å². The van der Waals surface area contributed by atoms with Crippen LogP contribution in [0.5, 0.6) is 0 Å². The zero-order valence-electron chi connectivity index (χ0n) is 7.16. The average Bonchev–Trinajstić information content (AvgIpc) is 2.08. The molecule has 4 heteroatoms. The van der Waals surface area contributed by atoms with Gasteiger partial charge in [-0.3, -0.25) is 4.79 Å². The number of anilines is 2. The SMILES string of the molecule is CC(=O)c1c(C#N)ccc(N)c1N. The Kier molecular flexibility index (Phi) is 2.20. The van der Waals surface area contributed by atoms with Crippen molar-refractivity contribution in [2.24, 2.45) is 0 Å². The van der Waals surface area contributed by atoms with E-state index in [0.29, 0.717) is 5.69 Å². The van der Waals surface area contributed by atoms with Crippen LogP contribution in [0.4, 0.5) is 11.4 Å². The highest BCUT2D eigenvalue weighted by atomic mass is 16.1. The first-order chi connectivity index (χ1) is 6.07. The van der Waals surface area contributed by atoms with Gasteiger partial charge in [0.15, 0.2) is 5.78 Å². The highest BCUT2D eigenvalue weighted by Crippen LogP contribution is 2.23. The number of hydrogen-bond donors (Lipinski definition) is 2. The van der Waals surface area contributed by atoms with Crippen LogP contribution in [0.3, 0.4) is 0 Å². The van der Waals surface area contributed by atoms with Crippen LogP contribution in [0, 0.1) is 11.3 Å². The highest BCUT2D eigenvalue weighted by molar-refractivity contribution is 6.03. The van der Waals surface area contributed by atoms with Crippen LogP contribution in [-0.4, -0.2) is 5.78 Å². The Morgan fingerprint density at radius 1 is 1.46 bits per heavy atom. The van der Waals surface area contributed by atoms with Crippen molar-refractivity contribution in [1.29, 1.82) is 5.26 Å². The summed E-state index contributed by atoms with van der Waals surface area (Å²) in [6.07, 6.45) is 0. The van der Waals surface area contributed by atoms with Gasteiger partial charge in [-0.15, -0.1) is 0 Å². The predicted molar refractivity (Wildman–Crippen MR) is 50.0 cm³/mol. The third-order valence-electron chi connectivity index (χ3n) is 1.75. The minimum atomic E-state index is -0.249. The number of nitrogens with two attached hydrogens (primary N) is 2. The third-order valence-corrected chi connectivity index (χ3v) is 1.75. The fourth-order valence-corrected chi connectivity index (χ4v) is 1.11. The van der Waals surface area contributed by atoms with Gasteiger partial charge in [-0.2, -0.15) is 5.26 Å². The Labute approximate surface area is 75.8 Å². The predicted octanol–water partition coefficient (Wildman–Crippen LogP) is 0.925. The molecule has 4 N–H and O–H groups in total. The highest BCUT2D eigenvalue weighted by Gasteiger charge is 2.12. The van der Waals surface area contributed by atoms with Crippen LogP contribution in [0.1, 0.15) is 22.8 Å². The maximum Gasteiger partial charge on any atom is 0.163 e. The van der Waals surface area contributed by atoms with Gasteiger partial charge in [0.05, 0.1) is 28.6 Å². The van der Waals surface area contributed by atoms with Gasteiger partial charge < -0.3 is 11.5 Å². The lowest BCUT2D eigenvalue weighted by Gasteiger charge is -2.06. The number of Topliss-reactive ketones (excluding diaryl/α,β-unsaturated/α-hetero) is 1. The van der Waals surface area contributed by atoms with Crippen molar-refractivity contribution < 1.29 is 4.79 Å². The fourth-order valence-electron chi connectivity index (χ4n) is 1.11. The Bertz CT molecular complexity index is 404. The quantitative estimate of drug-likeness (QED) is 0.490. The number of nitrogens with zero attached hydrogens (tertiary/aromatic N) is 1. The lowest BCUT2D eigenvalue weighted by molar-refractivity contribution is 0.101. The summed E-state index contributed by atoms with van der Waals surface area (Å²) in [6.45, 7) is 1.35. The Morgan fingerprint density at radius 3 is 2.54 bits per heavy atom. The number of hydrogen-bond acceptors (Lipinski definition) is 4. The molecule has 0 atom stereocenters. The molecule has 66 valence electrons. The number of nitrogen functional groups attached to an aromatic ring is 2. The molecule has 0 fully saturated rings. The molecule has 4 nitrogen and oxygen atoms in total. The van der Waals surface area contributed by atoms with E-state index in [0.717, 1.165) is 0 Å². The summed E-state index contributed by atoms with van der Waals surface area (Å²) in [4.78, 5) is 11.1. The van der Waals surface area contributed by atoms with E-state index >= 15 is 0 Å². The monoisotopic (exact) mass is 175 g/mol. The van der Waals surface area contributed by atoms with Crippen LogP contribution in [0.15, 0.2) is 12.1 Å². The molecule has 1 aromatic rings. The number of benzene rings is 1. The summed E-state index contributed by atoms with van der Waals surface area (Å²) in [5.74, 6) is -0.249. The van der Waals surface area contributed by atoms with Gasteiger partial charge >= 0.3 is 0 Å². The molecular weight excluding hydrogens is 166 g/mol. The van der Waals surface area contributed by atoms with Crippen molar-refractivity contribution in [3.63, 3.8) is 0 Å². The smallest absolute Gasteiger partial charge is 0.163 e. The molecule has 0 aliphatic rings. The Balaban J connectivity index is 3.53. The van der Waals surface area contributed by atoms with E-state index in [4.69, 9.17) is 16.7 Å². The third kappa shape index (κ3) is 1.44. The summed E-state index contributed by atoms with van der Waals surface area (Å²) in [5.41, 5.74) is 12.0. The second kappa shape index (κ2) is 3.15.